The van der Waals surface area contributed by atoms with Crippen molar-refractivity contribution < 1.29 is 0 Å². The second kappa shape index (κ2) is 6.24. The predicted molar refractivity (Wildman–Crippen MR) is 78.6 cm³/mol. The number of hydrogen-bond acceptors (Lipinski definition) is 3. The van der Waals surface area contributed by atoms with Crippen molar-refractivity contribution in [2.45, 2.75) is 70.3 Å². The van der Waals surface area contributed by atoms with E-state index in [1.165, 1.54) is 64.6 Å². The molecule has 2 fully saturated rings. The lowest BCUT2D eigenvalue weighted by molar-refractivity contribution is 0.107. The number of piperidine rings is 1. The van der Waals surface area contributed by atoms with Crippen LogP contribution in [0.1, 0.15) is 64.7 Å². The monoisotopic (exact) mass is 263 g/mol. The van der Waals surface area contributed by atoms with Gasteiger partial charge in [0.1, 0.15) is 5.54 Å². The summed E-state index contributed by atoms with van der Waals surface area (Å²) in [4.78, 5) is 2.61. The van der Waals surface area contributed by atoms with Crippen LogP contribution < -0.4 is 5.73 Å². The highest BCUT2D eigenvalue weighted by Crippen LogP contribution is 2.46. The lowest BCUT2D eigenvalue weighted by atomic mass is 9.77. The van der Waals surface area contributed by atoms with E-state index in [4.69, 9.17) is 11.0 Å². The Kier molecular flexibility index (Phi) is 4.86. The first-order valence-electron chi connectivity index (χ1n) is 7.98. The quantitative estimate of drug-likeness (QED) is 0.776. The maximum Gasteiger partial charge on any atom is 0.101 e. The molecule has 108 valence electrons. The molecule has 0 radical (unpaired) electrons. The van der Waals surface area contributed by atoms with Crippen molar-refractivity contribution in [2.24, 2.45) is 11.1 Å². The molecular formula is C16H29N3. The second-order valence-electron chi connectivity index (χ2n) is 7.04. The number of likely N-dealkylation sites (tertiary alicyclic amines) is 1. The molecule has 2 aliphatic rings. The van der Waals surface area contributed by atoms with Crippen molar-refractivity contribution in [3.8, 4) is 6.07 Å². The van der Waals surface area contributed by atoms with Crippen LogP contribution in [0.4, 0.5) is 0 Å². The van der Waals surface area contributed by atoms with E-state index in [-0.39, 0.29) is 0 Å². The molecule has 2 rings (SSSR count). The standard InChI is InChI=1S/C16H29N3/c1-15(18,14-17)6-4-5-11-19-12-9-16(10-13-19)7-2-3-8-16/h2-13,18H2,1H3. The third-order valence-electron chi connectivity index (χ3n) is 5.26. The van der Waals surface area contributed by atoms with Crippen molar-refractivity contribution in [3.63, 3.8) is 0 Å². The maximum absolute atomic E-state index is 8.87. The smallest absolute Gasteiger partial charge is 0.101 e. The van der Waals surface area contributed by atoms with E-state index in [1.807, 2.05) is 6.92 Å². The van der Waals surface area contributed by atoms with Gasteiger partial charge in [0.2, 0.25) is 0 Å². The van der Waals surface area contributed by atoms with Crippen LogP contribution >= 0.6 is 0 Å². The van der Waals surface area contributed by atoms with Gasteiger partial charge in [-0.05, 0) is 76.9 Å². The fraction of sp³-hybridized carbons (Fsp3) is 0.938. The minimum atomic E-state index is -0.629. The average molecular weight is 263 g/mol. The third-order valence-corrected chi connectivity index (χ3v) is 5.26. The molecule has 1 aliphatic heterocycles. The van der Waals surface area contributed by atoms with Crippen molar-refractivity contribution in [3.05, 3.63) is 0 Å². The molecule has 1 atom stereocenters. The van der Waals surface area contributed by atoms with Crippen LogP contribution in [-0.4, -0.2) is 30.1 Å². The maximum atomic E-state index is 8.87. The van der Waals surface area contributed by atoms with E-state index in [0.717, 1.165) is 18.3 Å². The van der Waals surface area contributed by atoms with E-state index in [2.05, 4.69) is 11.0 Å². The molecule has 1 saturated heterocycles. The van der Waals surface area contributed by atoms with Crippen LogP contribution in [0.2, 0.25) is 0 Å². The molecule has 1 spiro atoms. The van der Waals surface area contributed by atoms with Gasteiger partial charge >= 0.3 is 0 Å². The molecule has 1 unspecified atom stereocenters. The number of unbranched alkanes of at least 4 members (excludes halogenated alkanes) is 1. The van der Waals surface area contributed by atoms with E-state index in [0.29, 0.717) is 0 Å². The minimum Gasteiger partial charge on any atom is -0.314 e. The molecule has 1 aliphatic carbocycles. The molecule has 0 bridgehead atoms. The highest BCUT2D eigenvalue weighted by atomic mass is 15.1. The molecular weight excluding hydrogens is 234 g/mol. The van der Waals surface area contributed by atoms with Gasteiger partial charge in [-0.15, -0.1) is 0 Å². The second-order valence-corrected chi connectivity index (χ2v) is 7.04. The zero-order valence-corrected chi connectivity index (χ0v) is 12.5. The Morgan fingerprint density at radius 2 is 1.79 bits per heavy atom. The Balaban J connectivity index is 1.60. The molecule has 0 aromatic carbocycles. The van der Waals surface area contributed by atoms with Crippen LogP contribution in [0.5, 0.6) is 0 Å². The van der Waals surface area contributed by atoms with Gasteiger partial charge in [0.05, 0.1) is 6.07 Å². The fourth-order valence-corrected chi connectivity index (χ4v) is 3.76. The summed E-state index contributed by atoms with van der Waals surface area (Å²) in [6.07, 6.45) is 11.8. The Bertz CT molecular complexity index is 313. The van der Waals surface area contributed by atoms with E-state index < -0.39 is 5.54 Å². The van der Waals surface area contributed by atoms with E-state index in [9.17, 15) is 0 Å². The number of nitriles is 1. The zero-order valence-electron chi connectivity index (χ0n) is 12.5. The van der Waals surface area contributed by atoms with E-state index >= 15 is 0 Å². The molecule has 3 nitrogen and oxygen atoms in total. The van der Waals surface area contributed by atoms with Gasteiger partial charge in [-0.2, -0.15) is 5.26 Å². The molecule has 19 heavy (non-hydrogen) atoms. The summed E-state index contributed by atoms with van der Waals surface area (Å²) in [6.45, 7) is 5.60. The number of hydrogen-bond donors (Lipinski definition) is 1. The SMILES string of the molecule is CC(N)(C#N)CCCCN1CCC2(CCCC2)CC1. The van der Waals surface area contributed by atoms with Gasteiger partial charge in [-0.3, -0.25) is 0 Å². The minimum absolute atomic E-state index is 0.629. The fourth-order valence-electron chi connectivity index (χ4n) is 3.76. The first-order valence-corrected chi connectivity index (χ1v) is 7.98. The average Bonchev–Trinajstić information content (AvgIpc) is 2.85. The summed E-state index contributed by atoms with van der Waals surface area (Å²) in [5.41, 5.74) is 5.94. The highest BCUT2D eigenvalue weighted by Gasteiger charge is 2.36. The Morgan fingerprint density at radius 1 is 1.16 bits per heavy atom. The van der Waals surface area contributed by atoms with E-state index in [1.54, 1.807) is 0 Å². The summed E-state index contributed by atoms with van der Waals surface area (Å²) in [7, 11) is 0. The van der Waals surface area contributed by atoms with Gasteiger partial charge in [-0.1, -0.05) is 12.8 Å². The lowest BCUT2D eigenvalue weighted by Gasteiger charge is -2.39. The third kappa shape index (κ3) is 4.19. The van der Waals surface area contributed by atoms with Crippen LogP contribution in [0.25, 0.3) is 0 Å². The zero-order chi connectivity index (χ0) is 13.8. The van der Waals surface area contributed by atoms with Crippen LogP contribution in [0, 0.1) is 16.7 Å². The predicted octanol–water partition coefficient (Wildman–Crippen LogP) is 3.05. The highest BCUT2D eigenvalue weighted by molar-refractivity contribution is 5.00. The summed E-state index contributed by atoms with van der Waals surface area (Å²) < 4.78 is 0. The number of rotatable bonds is 5. The summed E-state index contributed by atoms with van der Waals surface area (Å²) in [5.74, 6) is 0. The van der Waals surface area contributed by atoms with Crippen LogP contribution in [0.3, 0.4) is 0 Å². The lowest BCUT2D eigenvalue weighted by Crippen LogP contribution is -2.39. The molecule has 0 aromatic heterocycles. The summed E-state index contributed by atoms with van der Waals surface area (Å²) in [6, 6.07) is 2.18. The largest absolute Gasteiger partial charge is 0.314 e. The summed E-state index contributed by atoms with van der Waals surface area (Å²) >= 11 is 0. The van der Waals surface area contributed by atoms with Crippen LogP contribution in [0.15, 0.2) is 0 Å². The Labute approximate surface area is 118 Å². The van der Waals surface area contributed by atoms with Gasteiger partial charge < -0.3 is 10.6 Å². The topological polar surface area (TPSA) is 53.1 Å². The van der Waals surface area contributed by atoms with Gasteiger partial charge in [-0.25, -0.2) is 0 Å². The first-order chi connectivity index (χ1) is 9.05. The molecule has 1 saturated carbocycles. The normalized spacial score (nSPS) is 26.2. The molecule has 0 aromatic rings. The van der Waals surface area contributed by atoms with Crippen molar-refractivity contribution in [1.82, 2.24) is 4.90 Å². The van der Waals surface area contributed by atoms with Gasteiger partial charge in [0, 0.05) is 0 Å². The molecule has 2 N–H and O–H groups in total. The van der Waals surface area contributed by atoms with Crippen molar-refractivity contribution in [1.29, 1.82) is 5.26 Å². The number of nitrogens with two attached hydrogens (primary N) is 1. The summed E-state index contributed by atoms with van der Waals surface area (Å²) in [5, 5.41) is 8.87. The van der Waals surface area contributed by atoms with Crippen molar-refractivity contribution >= 4 is 0 Å². The van der Waals surface area contributed by atoms with Crippen molar-refractivity contribution in [2.75, 3.05) is 19.6 Å². The first kappa shape index (κ1) is 14.8. The Morgan fingerprint density at radius 3 is 2.37 bits per heavy atom. The Hall–Kier alpha value is -0.590. The van der Waals surface area contributed by atoms with Crippen LogP contribution in [-0.2, 0) is 0 Å². The van der Waals surface area contributed by atoms with Gasteiger partial charge in [0.15, 0.2) is 0 Å². The molecule has 3 heteroatoms. The van der Waals surface area contributed by atoms with Gasteiger partial charge in [0.25, 0.3) is 0 Å². The molecule has 0 amide bonds. The number of nitrogens with zero attached hydrogens (tertiary/aromatic N) is 2. The molecule has 1 heterocycles.